The lowest BCUT2D eigenvalue weighted by molar-refractivity contribution is 0.0717. The van der Waals surface area contributed by atoms with Crippen molar-refractivity contribution in [3.05, 3.63) is 51.4 Å². The van der Waals surface area contributed by atoms with E-state index in [2.05, 4.69) is 24.3 Å². The monoisotopic (exact) mass is 414 g/mol. The summed E-state index contributed by atoms with van der Waals surface area (Å²) in [5, 5.41) is 0. The third kappa shape index (κ3) is 3.65. The number of piperidine rings is 1. The predicted octanol–water partition coefficient (Wildman–Crippen LogP) is 4.47. The van der Waals surface area contributed by atoms with Crippen molar-refractivity contribution in [2.24, 2.45) is 5.73 Å². The van der Waals surface area contributed by atoms with Gasteiger partial charge in [-0.25, -0.2) is 0 Å². The maximum Gasteiger partial charge on any atom is 0.264 e. The fourth-order valence-electron chi connectivity index (χ4n) is 4.36. The van der Waals surface area contributed by atoms with Gasteiger partial charge in [0.25, 0.3) is 5.91 Å². The number of likely N-dealkylation sites (tertiary alicyclic amines) is 1. The average Bonchev–Trinajstić information content (AvgIpc) is 3.13. The summed E-state index contributed by atoms with van der Waals surface area (Å²) >= 11 is 3.11. The molecule has 28 heavy (non-hydrogen) atoms. The second kappa shape index (κ2) is 8.39. The number of carbonyl (C=O) groups excluding carboxylic acids is 2. The van der Waals surface area contributed by atoms with Gasteiger partial charge in [0, 0.05) is 31.6 Å². The number of Topliss-reactive ketones (excluding diaryl/α,β-unsaturated/α-hetero) is 1. The number of hydrogen-bond acceptors (Lipinski definition) is 5. The van der Waals surface area contributed by atoms with Crippen molar-refractivity contribution in [3.8, 4) is 0 Å². The molecular weight excluding hydrogens is 388 g/mol. The van der Waals surface area contributed by atoms with E-state index in [4.69, 9.17) is 5.73 Å². The maximum atomic E-state index is 13.3. The number of fused-ring (bicyclic) bond motifs is 1. The van der Waals surface area contributed by atoms with Crippen LogP contribution in [0.3, 0.4) is 0 Å². The molecule has 4 rings (SSSR count). The fraction of sp³-hybridized carbons (Fsp3) is 0.455. The van der Waals surface area contributed by atoms with Crippen LogP contribution in [0.5, 0.6) is 0 Å². The summed E-state index contributed by atoms with van der Waals surface area (Å²) in [7, 11) is 0. The molecule has 6 heteroatoms. The minimum atomic E-state index is 0.116. The van der Waals surface area contributed by atoms with Gasteiger partial charge in [0.1, 0.15) is 0 Å². The molecule has 2 aromatic rings. The molecule has 148 valence electrons. The van der Waals surface area contributed by atoms with Crippen molar-refractivity contribution >= 4 is 34.8 Å². The molecule has 1 aromatic heterocycles. The third-order valence-corrected chi connectivity index (χ3v) is 8.24. The molecule has 2 N–H and O–H groups in total. The number of thiophene rings is 1. The van der Waals surface area contributed by atoms with Gasteiger partial charge in [0.2, 0.25) is 0 Å². The first-order valence-electron chi connectivity index (χ1n) is 9.93. The summed E-state index contributed by atoms with van der Waals surface area (Å²) in [5.74, 6) is 0.806. The lowest BCUT2D eigenvalue weighted by atomic mass is 9.88. The second-order valence-electron chi connectivity index (χ2n) is 7.57. The molecule has 2 heterocycles. The summed E-state index contributed by atoms with van der Waals surface area (Å²) in [6.07, 6.45) is 6.25. The van der Waals surface area contributed by atoms with E-state index in [0.29, 0.717) is 18.9 Å². The van der Waals surface area contributed by atoms with E-state index in [9.17, 15) is 9.59 Å². The Bertz CT molecular complexity index is 898. The molecule has 2 aliphatic rings. The Balaban J connectivity index is 1.50. The molecule has 1 aliphatic heterocycles. The SMILES string of the molecule is CSc1sc(C(=O)N2CCC(c3cccc(CN)c3)CC2)c2c1C(=O)CCC2. The van der Waals surface area contributed by atoms with Crippen molar-refractivity contribution in [3.63, 3.8) is 0 Å². The normalized spacial score (nSPS) is 17.6. The Morgan fingerprint density at radius 1 is 1.29 bits per heavy atom. The number of carbonyl (C=O) groups is 2. The Labute approximate surface area is 174 Å². The quantitative estimate of drug-likeness (QED) is 0.750. The highest BCUT2D eigenvalue weighted by molar-refractivity contribution is 8.00. The van der Waals surface area contributed by atoms with Gasteiger partial charge in [0.15, 0.2) is 5.78 Å². The van der Waals surface area contributed by atoms with Crippen LogP contribution >= 0.6 is 23.1 Å². The number of benzene rings is 1. The molecule has 1 aliphatic carbocycles. The van der Waals surface area contributed by atoms with Crippen LogP contribution in [0, 0.1) is 0 Å². The summed E-state index contributed by atoms with van der Waals surface area (Å²) in [4.78, 5) is 28.4. The first-order valence-corrected chi connectivity index (χ1v) is 12.0. The van der Waals surface area contributed by atoms with Gasteiger partial charge in [-0.3, -0.25) is 9.59 Å². The van der Waals surface area contributed by atoms with Gasteiger partial charge in [-0.1, -0.05) is 24.3 Å². The zero-order chi connectivity index (χ0) is 19.7. The molecule has 0 unspecified atom stereocenters. The first kappa shape index (κ1) is 19.7. The lowest BCUT2D eigenvalue weighted by Gasteiger charge is -2.32. The van der Waals surface area contributed by atoms with E-state index in [1.54, 1.807) is 11.8 Å². The van der Waals surface area contributed by atoms with Crippen molar-refractivity contribution in [1.82, 2.24) is 4.90 Å². The summed E-state index contributed by atoms with van der Waals surface area (Å²) < 4.78 is 1.01. The van der Waals surface area contributed by atoms with Crippen molar-refractivity contribution < 1.29 is 9.59 Å². The van der Waals surface area contributed by atoms with Crippen molar-refractivity contribution in [2.45, 2.75) is 48.8 Å². The van der Waals surface area contributed by atoms with E-state index in [0.717, 1.165) is 64.5 Å². The van der Waals surface area contributed by atoms with Crippen LogP contribution in [-0.2, 0) is 13.0 Å². The Hall–Kier alpha value is -1.63. The molecule has 1 fully saturated rings. The number of hydrogen-bond donors (Lipinski definition) is 1. The molecule has 0 saturated carbocycles. The van der Waals surface area contributed by atoms with Crippen LogP contribution < -0.4 is 5.73 Å². The number of amides is 1. The zero-order valence-electron chi connectivity index (χ0n) is 16.2. The van der Waals surface area contributed by atoms with E-state index < -0.39 is 0 Å². The van der Waals surface area contributed by atoms with Crippen LogP contribution in [0.4, 0.5) is 0 Å². The summed E-state index contributed by atoms with van der Waals surface area (Å²) in [5.41, 5.74) is 10.1. The minimum absolute atomic E-state index is 0.116. The zero-order valence-corrected chi connectivity index (χ0v) is 17.8. The van der Waals surface area contributed by atoms with Crippen LogP contribution in [0.15, 0.2) is 28.5 Å². The van der Waals surface area contributed by atoms with Gasteiger partial charge < -0.3 is 10.6 Å². The number of nitrogens with zero attached hydrogens (tertiary/aromatic N) is 1. The molecule has 0 atom stereocenters. The number of ketones is 1. The third-order valence-electron chi connectivity index (χ3n) is 5.90. The van der Waals surface area contributed by atoms with E-state index in [-0.39, 0.29) is 11.7 Å². The van der Waals surface area contributed by atoms with Crippen molar-refractivity contribution in [1.29, 1.82) is 0 Å². The minimum Gasteiger partial charge on any atom is -0.338 e. The topological polar surface area (TPSA) is 63.4 Å². The van der Waals surface area contributed by atoms with Crippen LogP contribution in [0.2, 0.25) is 0 Å². The number of rotatable bonds is 4. The fourth-order valence-corrected chi connectivity index (χ4v) is 6.46. The molecule has 0 radical (unpaired) electrons. The molecular formula is C22H26N2O2S2. The Morgan fingerprint density at radius 3 is 2.79 bits per heavy atom. The predicted molar refractivity (Wildman–Crippen MR) is 116 cm³/mol. The highest BCUT2D eigenvalue weighted by Gasteiger charge is 2.32. The highest BCUT2D eigenvalue weighted by Crippen LogP contribution is 2.40. The molecule has 1 amide bonds. The van der Waals surface area contributed by atoms with Crippen molar-refractivity contribution in [2.75, 3.05) is 19.3 Å². The summed E-state index contributed by atoms with van der Waals surface area (Å²) in [6.45, 7) is 2.10. The van der Waals surface area contributed by atoms with Gasteiger partial charge in [0.05, 0.1) is 9.09 Å². The first-order chi connectivity index (χ1) is 13.6. The van der Waals surface area contributed by atoms with Crippen LogP contribution in [0.25, 0.3) is 0 Å². The van der Waals surface area contributed by atoms with Gasteiger partial charge in [-0.05, 0) is 54.5 Å². The number of thioether (sulfide) groups is 1. The van der Waals surface area contributed by atoms with E-state index >= 15 is 0 Å². The van der Waals surface area contributed by atoms with E-state index in [1.807, 2.05) is 11.2 Å². The smallest absolute Gasteiger partial charge is 0.264 e. The summed E-state index contributed by atoms with van der Waals surface area (Å²) in [6, 6.07) is 8.52. The molecule has 0 bridgehead atoms. The second-order valence-corrected chi connectivity index (χ2v) is 9.66. The van der Waals surface area contributed by atoms with Crippen LogP contribution in [-0.4, -0.2) is 35.9 Å². The van der Waals surface area contributed by atoms with E-state index in [1.165, 1.54) is 16.9 Å². The molecule has 1 aromatic carbocycles. The Morgan fingerprint density at radius 2 is 2.07 bits per heavy atom. The Kier molecular flexibility index (Phi) is 5.90. The van der Waals surface area contributed by atoms with Gasteiger partial charge in [-0.2, -0.15) is 0 Å². The lowest BCUT2D eigenvalue weighted by Crippen LogP contribution is -2.38. The number of nitrogens with two attached hydrogens (primary N) is 1. The van der Waals surface area contributed by atoms with Gasteiger partial charge in [-0.15, -0.1) is 23.1 Å². The largest absolute Gasteiger partial charge is 0.338 e. The standard InChI is InChI=1S/C22H26N2O2S2/c1-27-22-19-17(6-3-7-18(19)25)20(28-22)21(26)24-10-8-15(9-11-24)16-5-2-4-14(12-16)13-23/h2,4-5,12,15H,3,6-11,13,23H2,1H3. The molecule has 4 nitrogen and oxygen atoms in total. The maximum absolute atomic E-state index is 13.3. The van der Waals surface area contributed by atoms with Gasteiger partial charge >= 0.3 is 0 Å². The van der Waals surface area contributed by atoms with Crippen LogP contribution in [0.1, 0.15) is 68.3 Å². The molecule has 0 spiro atoms. The molecule has 1 saturated heterocycles. The highest BCUT2D eigenvalue weighted by atomic mass is 32.2. The average molecular weight is 415 g/mol.